The van der Waals surface area contributed by atoms with E-state index >= 15 is 0 Å². The first-order valence-electron chi connectivity index (χ1n) is 7.06. The topological polar surface area (TPSA) is 24.5 Å². The Hall–Kier alpha value is -1.13. The minimum atomic E-state index is -0.154. The van der Waals surface area contributed by atoms with E-state index in [1.54, 1.807) is 19.2 Å². The molecular formula is C15H21FN2O. The van der Waals surface area contributed by atoms with E-state index in [4.69, 9.17) is 4.74 Å². The van der Waals surface area contributed by atoms with Crippen molar-refractivity contribution >= 4 is 5.69 Å². The molecule has 1 unspecified atom stereocenters. The van der Waals surface area contributed by atoms with Crippen LogP contribution in [-0.4, -0.2) is 32.3 Å². The van der Waals surface area contributed by atoms with Crippen LogP contribution in [0.1, 0.15) is 24.8 Å². The Balaban J connectivity index is 1.74. The van der Waals surface area contributed by atoms with Gasteiger partial charge in [-0.15, -0.1) is 0 Å². The van der Waals surface area contributed by atoms with Crippen LogP contribution in [0, 0.1) is 5.82 Å². The van der Waals surface area contributed by atoms with Crippen LogP contribution < -0.4 is 10.2 Å². The molecule has 1 N–H and O–H groups in total. The van der Waals surface area contributed by atoms with Crippen LogP contribution in [0.2, 0.25) is 0 Å². The molecule has 2 aliphatic rings. The molecule has 1 aromatic carbocycles. The SMILES string of the molecule is COC1CCN(c2ccc(F)cc2CNC2CC2)C1. The Morgan fingerprint density at radius 1 is 1.37 bits per heavy atom. The molecule has 0 aromatic heterocycles. The maximum atomic E-state index is 13.4. The summed E-state index contributed by atoms with van der Waals surface area (Å²) in [5.41, 5.74) is 2.21. The normalized spacial score (nSPS) is 23.1. The molecule has 1 aliphatic heterocycles. The second kappa shape index (κ2) is 5.47. The van der Waals surface area contributed by atoms with Crippen molar-refractivity contribution in [2.45, 2.75) is 38.0 Å². The summed E-state index contributed by atoms with van der Waals surface area (Å²) >= 11 is 0. The zero-order valence-electron chi connectivity index (χ0n) is 11.4. The highest BCUT2D eigenvalue weighted by Crippen LogP contribution is 2.27. The van der Waals surface area contributed by atoms with Crippen molar-refractivity contribution in [3.8, 4) is 0 Å². The minimum absolute atomic E-state index is 0.154. The van der Waals surface area contributed by atoms with E-state index in [9.17, 15) is 4.39 Å². The molecule has 3 nitrogen and oxygen atoms in total. The molecular weight excluding hydrogens is 243 g/mol. The first-order valence-corrected chi connectivity index (χ1v) is 7.06. The molecule has 1 saturated carbocycles. The van der Waals surface area contributed by atoms with E-state index in [0.29, 0.717) is 12.1 Å². The monoisotopic (exact) mass is 264 g/mol. The number of halogens is 1. The van der Waals surface area contributed by atoms with E-state index in [1.807, 2.05) is 6.07 Å². The third-order valence-corrected chi connectivity index (χ3v) is 4.02. The van der Waals surface area contributed by atoms with Crippen LogP contribution in [0.5, 0.6) is 0 Å². The summed E-state index contributed by atoms with van der Waals surface area (Å²) in [7, 11) is 1.76. The highest BCUT2D eigenvalue weighted by atomic mass is 19.1. The molecule has 1 aliphatic carbocycles. The smallest absolute Gasteiger partial charge is 0.123 e. The Kier molecular flexibility index (Phi) is 3.71. The summed E-state index contributed by atoms with van der Waals surface area (Å²) in [6.45, 7) is 2.64. The molecule has 2 fully saturated rings. The van der Waals surface area contributed by atoms with Gasteiger partial charge < -0.3 is 15.0 Å². The highest BCUT2D eigenvalue weighted by Gasteiger charge is 2.25. The van der Waals surface area contributed by atoms with Crippen LogP contribution in [0.4, 0.5) is 10.1 Å². The van der Waals surface area contributed by atoms with Gasteiger partial charge in [0.15, 0.2) is 0 Å². The average Bonchev–Trinajstić information content (AvgIpc) is 3.13. The van der Waals surface area contributed by atoms with Gasteiger partial charge >= 0.3 is 0 Å². The lowest BCUT2D eigenvalue weighted by Crippen LogP contribution is -2.25. The standard InChI is InChI=1S/C15H21FN2O/c1-19-14-6-7-18(10-14)15-5-2-12(16)8-11(15)9-17-13-3-4-13/h2,5,8,13-14,17H,3-4,6-7,9-10H2,1H3. The molecule has 1 heterocycles. The van der Waals surface area contributed by atoms with Gasteiger partial charge in [-0.2, -0.15) is 0 Å². The van der Waals surface area contributed by atoms with Crippen LogP contribution in [0.3, 0.4) is 0 Å². The summed E-state index contributed by atoms with van der Waals surface area (Å²) in [5.74, 6) is -0.154. The van der Waals surface area contributed by atoms with Crippen molar-refractivity contribution in [1.82, 2.24) is 5.32 Å². The number of benzene rings is 1. The Morgan fingerprint density at radius 2 is 2.21 bits per heavy atom. The third kappa shape index (κ3) is 3.07. The van der Waals surface area contributed by atoms with Crippen molar-refractivity contribution in [2.75, 3.05) is 25.1 Å². The minimum Gasteiger partial charge on any atom is -0.380 e. The lowest BCUT2D eigenvalue weighted by Gasteiger charge is -2.22. The Bertz CT molecular complexity index is 448. The number of nitrogens with zero attached hydrogens (tertiary/aromatic N) is 1. The number of nitrogens with one attached hydrogen (secondary N) is 1. The summed E-state index contributed by atoms with van der Waals surface area (Å²) in [6, 6.07) is 5.75. The summed E-state index contributed by atoms with van der Waals surface area (Å²) in [5, 5.41) is 3.46. The fourth-order valence-electron chi connectivity index (χ4n) is 2.69. The second-order valence-corrected chi connectivity index (χ2v) is 5.52. The van der Waals surface area contributed by atoms with Gasteiger partial charge in [-0.1, -0.05) is 0 Å². The van der Waals surface area contributed by atoms with Crippen LogP contribution in [0.25, 0.3) is 0 Å². The molecule has 0 amide bonds. The van der Waals surface area contributed by atoms with Gasteiger partial charge in [-0.3, -0.25) is 0 Å². The second-order valence-electron chi connectivity index (χ2n) is 5.52. The van der Waals surface area contributed by atoms with Crippen molar-refractivity contribution in [2.24, 2.45) is 0 Å². The quantitative estimate of drug-likeness (QED) is 0.883. The largest absolute Gasteiger partial charge is 0.380 e. The highest BCUT2D eigenvalue weighted by molar-refractivity contribution is 5.54. The van der Waals surface area contributed by atoms with E-state index in [2.05, 4.69) is 10.2 Å². The predicted molar refractivity (Wildman–Crippen MR) is 73.9 cm³/mol. The van der Waals surface area contributed by atoms with Crippen LogP contribution in [0.15, 0.2) is 18.2 Å². The number of methoxy groups -OCH3 is 1. The molecule has 1 saturated heterocycles. The Morgan fingerprint density at radius 3 is 2.89 bits per heavy atom. The van der Waals surface area contributed by atoms with Gasteiger partial charge in [-0.25, -0.2) is 4.39 Å². The lowest BCUT2D eigenvalue weighted by molar-refractivity contribution is 0.121. The van der Waals surface area contributed by atoms with E-state index in [0.717, 1.165) is 37.3 Å². The number of hydrogen-bond donors (Lipinski definition) is 1. The van der Waals surface area contributed by atoms with Gasteiger partial charge in [0.2, 0.25) is 0 Å². The van der Waals surface area contributed by atoms with Gasteiger partial charge in [0.1, 0.15) is 5.82 Å². The predicted octanol–water partition coefficient (Wildman–Crippen LogP) is 2.30. The molecule has 3 rings (SSSR count). The third-order valence-electron chi connectivity index (χ3n) is 4.02. The first kappa shape index (κ1) is 12.9. The van der Waals surface area contributed by atoms with Crippen LogP contribution >= 0.6 is 0 Å². The van der Waals surface area contributed by atoms with Crippen molar-refractivity contribution in [3.63, 3.8) is 0 Å². The fraction of sp³-hybridized carbons (Fsp3) is 0.600. The van der Waals surface area contributed by atoms with Crippen molar-refractivity contribution < 1.29 is 9.13 Å². The zero-order valence-corrected chi connectivity index (χ0v) is 11.4. The van der Waals surface area contributed by atoms with Gasteiger partial charge in [0.25, 0.3) is 0 Å². The van der Waals surface area contributed by atoms with Crippen molar-refractivity contribution in [1.29, 1.82) is 0 Å². The fourth-order valence-corrected chi connectivity index (χ4v) is 2.69. The molecule has 0 radical (unpaired) electrons. The first-order chi connectivity index (χ1) is 9.26. The molecule has 0 spiro atoms. The Labute approximate surface area is 113 Å². The number of ether oxygens (including phenoxy) is 1. The summed E-state index contributed by atoms with van der Waals surface area (Å²) in [4.78, 5) is 2.30. The molecule has 4 heteroatoms. The summed E-state index contributed by atoms with van der Waals surface area (Å²) in [6.07, 6.45) is 3.85. The molecule has 19 heavy (non-hydrogen) atoms. The molecule has 1 aromatic rings. The molecule has 1 atom stereocenters. The molecule has 104 valence electrons. The zero-order chi connectivity index (χ0) is 13.2. The van der Waals surface area contributed by atoms with E-state index < -0.39 is 0 Å². The molecule has 0 bridgehead atoms. The lowest BCUT2D eigenvalue weighted by atomic mass is 10.1. The maximum Gasteiger partial charge on any atom is 0.123 e. The van der Waals surface area contributed by atoms with E-state index in [-0.39, 0.29) is 5.82 Å². The van der Waals surface area contributed by atoms with Crippen molar-refractivity contribution in [3.05, 3.63) is 29.6 Å². The average molecular weight is 264 g/mol. The number of hydrogen-bond acceptors (Lipinski definition) is 3. The van der Waals surface area contributed by atoms with Gasteiger partial charge in [0, 0.05) is 38.5 Å². The van der Waals surface area contributed by atoms with Gasteiger partial charge in [0.05, 0.1) is 6.10 Å². The van der Waals surface area contributed by atoms with Gasteiger partial charge in [-0.05, 0) is 43.0 Å². The number of anilines is 1. The summed E-state index contributed by atoms with van der Waals surface area (Å²) < 4.78 is 18.8. The van der Waals surface area contributed by atoms with Crippen LogP contribution in [-0.2, 0) is 11.3 Å². The van der Waals surface area contributed by atoms with E-state index in [1.165, 1.54) is 12.8 Å². The number of rotatable bonds is 5. The maximum absolute atomic E-state index is 13.4.